The lowest BCUT2D eigenvalue weighted by atomic mass is 10.1. The number of fused-ring (bicyclic) bond motifs is 1. The van der Waals surface area contributed by atoms with E-state index in [-0.39, 0.29) is 11.7 Å². The van der Waals surface area contributed by atoms with Gasteiger partial charge >= 0.3 is 0 Å². The second kappa shape index (κ2) is 9.29. The highest BCUT2D eigenvalue weighted by Gasteiger charge is 2.26. The van der Waals surface area contributed by atoms with Gasteiger partial charge in [0.15, 0.2) is 0 Å². The van der Waals surface area contributed by atoms with Crippen molar-refractivity contribution in [2.75, 3.05) is 38.6 Å². The summed E-state index contributed by atoms with van der Waals surface area (Å²) in [6.45, 7) is 8.85. The predicted molar refractivity (Wildman–Crippen MR) is 133 cm³/mol. The average molecular weight is 465 g/mol. The number of methoxy groups -OCH3 is 1. The molecule has 1 saturated heterocycles. The Morgan fingerprint density at radius 3 is 2.65 bits per heavy atom. The third-order valence-corrected chi connectivity index (χ3v) is 7.24. The van der Waals surface area contributed by atoms with Gasteiger partial charge in [0.1, 0.15) is 11.6 Å². The summed E-state index contributed by atoms with van der Waals surface area (Å²) in [6.07, 6.45) is 2.54. The van der Waals surface area contributed by atoms with E-state index in [9.17, 15) is 9.18 Å². The van der Waals surface area contributed by atoms with Crippen molar-refractivity contribution >= 4 is 22.5 Å². The summed E-state index contributed by atoms with van der Waals surface area (Å²) in [4.78, 5) is 15.3. The Labute approximate surface area is 200 Å². The highest BCUT2D eigenvalue weighted by Crippen LogP contribution is 2.38. The fraction of sp³-hybridized carbons (Fsp3) is 0.444. The van der Waals surface area contributed by atoms with Crippen molar-refractivity contribution in [2.45, 2.75) is 39.8 Å². The zero-order chi connectivity index (χ0) is 23.8. The quantitative estimate of drug-likeness (QED) is 0.542. The fourth-order valence-corrected chi connectivity index (χ4v) is 4.93. The first kappa shape index (κ1) is 22.7. The van der Waals surface area contributed by atoms with Crippen LogP contribution in [0.25, 0.3) is 10.9 Å². The number of hydrogen-bond donors (Lipinski definition) is 2. The fourth-order valence-electron chi connectivity index (χ4n) is 4.93. The van der Waals surface area contributed by atoms with Gasteiger partial charge in [-0.1, -0.05) is 6.07 Å². The summed E-state index contributed by atoms with van der Waals surface area (Å²) in [7, 11) is 1.55. The number of halogens is 1. The third kappa shape index (κ3) is 4.37. The number of piperazine rings is 1. The first-order valence-corrected chi connectivity index (χ1v) is 12.2. The van der Waals surface area contributed by atoms with Crippen molar-refractivity contribution in [1.29, 1.82) is 0 Å². The minimum Gasteiger partial charge on any atom is -0.496 e. The van der Waals surface area contributed by atoms with Gasteiger partial charge in [-0.05, 0) is 56.4 Å². The number of rotatable bonds is 7. The number of amides is 1. The molecule has 34 heavy (non-hydrogen) atoms. The number of benzene rings is 2. The second-order valence-electron chi connectivity index (χ2n) is 9.54. The van der Waals surface area contributed by atoms with Crippen LogP contribution in [0, 0.1) is 25.6 Å². The minimum atomic E-state index is -0.323. The van der Waals surface area contributed by atoms with Crippen LogP contribution >= 0.6 is 0 Å². The van der Waals surface area contributed by atoms with Gasteiger partial charge < -0.3 is 24.8 Å². The van der Waals surface area contributed by atoms with Crippen LogP contribution in [0.3, 0.4) is 0 Å². The number of carbonyl (C=O) groups is 1. The standard InChI is InChI=1S/C27H33FN4O2/c1-17-18(2)32(16-19-4-5-19)26-23(17)12-21(27(33)31-10-8-29-9-11-31)13-24(26)30-15-20-6-7-22(28)14-25(20)34-3/h6-7,12-14,19,29-30H,4-5,8-11,15-16H2,1-3H3. The SMILES string of the molecule is COc1cc(F)ccc1CNc1cc(C(=O)N2CCNCC2)cc2c(C)c(C)n(CC3CC3)c12. The lowest BCUT2D eigenvalue weighted by molar-refractivity contribution is 0.0736. The molecule has 1 aromatic heterocycles. The van der Waals surface area contributed by atoms with Crippen molar-refractivity contribution < 1.29 is 13.9 Å². The van der Waals surface area contributed by atoms with Crippen LogP contribution in [0.4, 0.5) is 10.1 Å². The van der Waals surface area contributed by atoms with E-state index in [2.05, 4.69) is 35.1 Å². The van der Waals surface area contributed by atoms with E-state index in [0.717, 1.165) is 47.7 Å². The lowest BCUT2D eigenvalue weighted by Crippen LogP contribution is -2.46. The van der Waals surface area contributed by atoms with Crippen molar-refractivity contribution in [3.8, 4) is 5.75 Å². The summed E-state index contributed by atoms with van der Waals surface area (Å²) in [5, 5.41) is 7.99. The van der Waals surface area contributed by atoms with Crippen LogP contribution in [0.1, 0.15) is 40.0 Å². The molecule has 1 amide bonds. The van der Waals surface area contributed by atoms with Crippen LogP contribution in [0.15, 0.2) is 30.3 Å². The smallest absolute Gasteiger partial charge is 0.254 e. The predicted octanol–water partition coefficient (Wildman–Crippen LogP) is 4.47. The van der Waals surface area contributed by atoms with Gasteiger partial charge in [0, 0.05) is 67.5 Å². The molecule has 6 nitrogen and oxygen atoms in total. The maximum Gasteiger partial charge on any atom is 0.254 e. The van der Waals surface area contributed by atoms with Gasteiger partial charge in [-0.15, -0.1) is 0 Å². The highest BCUT2D eigenvalue weighted by atomic mass is 19.1. The Morgan fingerprint density at radius 1 is 1.18 bits per heavy atom. The Kier molecular flexibility index (Phi) is 6.21. The number of anilines is 1. The van der Waals surface area contributed by atoms with Crippen molar-refractivity contribution in [3.05, 3.63) is 58.5 Å². The zero-order valence-electron chi connectivity index (χ0n) is 20.2. The molecular weight excluding hydrogens is 431 g/mol. The molecule has 2 heterocycles. The zero-order valence-corrected chi connectivity index (χ0v) is 20.2. The van der Waals surface area contributed by atoms with Crippen LogP contribution in [-0.2, 0) is 13.1 Å². The maximum atomic E-state index is 13.7. The van der Waals surface area contributed by atoms with Gasteiger partial charge in [-0.3, -0.25) is 4.79 Å². The maximum absolute atomic E-state index is 13.7. The van der Waals surface area contributed by atoms with Gasteiger partial charge in [-0.2, -0.15) is 0 Å². The first-order chi connectivity index (χ1) is 16.5. The molecule has 2 fully saturated rings. The van der Waals surface area contributed by atoms with Gasteiger partial charge in [0.25, 0.3) is 5.91 Å². The van der Waals surface area contributed by atoms with Gasteiger partial charge in [0.2, 0.25) is 0 Å². The van der Waals surface area contributed by atoms with E-state index in [4.69, 9.17) is 4.74 Å². The molecule has 180 valence electrons. The summed E-state index contributed by atoms with van der Waals surface area (Å²) >= 11 is 0. The topological polar surface area (TPSA) is 58.5 Å². The lowest BCUT2D eigenvalue weighted by Gasteiger charge is -2.27. The number of nitrogens with one attached hydrogen (secondary N) is 2. The molecule has 0 bridgehead atoms. The molecule has 2 N–H and O–H groups in total. The second-order valence-corrected chi connectivity index (χ2v) is 9.54. The molecule has 0 radical (unpaired) electrons. The van der Waals surface area contributed by atoms with Crippen LogP contribution in [0.2, 0.25) is 0 Å². The van der Waals surface area contributed by atoms with Crippen LogP contribution in [-0.4, -0.2) is 48.7 Å². The normalized spacial score (nSPS) is 16.2. The number of nitrogens with zero attached hydrogens (tertiary/aromatic N) is 2. The molecule has 1 aliphatic heterocycles. The summed E-state index contributed by atoms with van der Waals surface area (Å²) < 4.78 is 21.5. The molecule has 3 aromatic rings. The Morgan fingerprint density at radius 2 is 1.94 bits per heavy atom. The van der Waals surface area contributed by atoms with Crippen molar-refractivity contribution in [1.82, 2.24) is 14.8 Å². The molecule has 0 atom stereocenters. The average Bonchev–Trinajstić information content (AvgIpc) is 3.65. The largest absolute Gasteiger partial charge is 0.496 e. The van der Waals surface area contributed by atoms with Crippen molar-refractivity contribution in [2.24, 2.45) is 5.92 Å². The highest BCUT2D eigenvalue weighted by molar-refractivity contribution is 6.04. The number of carbonyl (C=O) groups excluding carboxylic acids is 1. The molecule has 2 aliphatic rings. The number of ether oxygens (including phenoxy) is 1. The minimum absolute atomic E-state index is 0.0674. The van der Waals surface area contributed by atoms with Crippen LogP contribution < -0.4 is 15.4 Å². The number of aryl methyl sites for hydroxylation is 1. The Hall–Kier alpha value is -3.06. The molecule has 5 rings (SSSR count). The molecular formula is C27H33FN4O2. The van der Waals surface area contributed by atoms with Crippen molar-refractivity contribution in [3.63, 3.8) is 0 Å². The molecule has 7 heteroatoms. The Bertz CT molecular complexity index is 1230. The van der Waals surface area contributed by atoms with E-state index in [1.54, 1.807) is 13.2 Å². The Balaban J connectivity index is 1.56. The summed E-state index contributed by atoms with van der Waals surface area (Å²) in [6, 6.07) is 8.65. The van der Waals surface area contributed by atoms with Gasteiger partial charge in [0.05, 0.1) is 18.3 Å². The van der Waals surface area contributed by atoms with E-state index in [1.165, 1.54) is 36.2 Å². The molecule has 2 aromatic carbocycles. The van der Waals surface area contributed by atoms with E-state index >= 15 is 0 Å². The number of aromatic nitrogens is 1. The van der Waals surface area contributed by atoms with Crippen LogP contribution in [0.5, 0.6) is 5.75 Å². The van der Waals surface area contributed by atoms with Gasteiger partial charge in [-0.25, -0.2) is 4.39 Å². The first-order valence-electron chi connectivity index (χ1n) is 12.2. The third-order valence-electron chi connectivity index (χ3n) is 7.24. The molecule has 1 saturated carbocycles. The van der Waals surface area contributed by atoms with E-state index < -0.39 is 0 Å². The monoisotopic (exact) mass is 464 g/mol. The molecule has 0 unspecified atom stereocenters. The number of hydrogen-bond acceptors (Lipinski definition) is 4. The molecule has 0 spiro atoms. The van der Waals surface area contributed by atoms with E-state index in [0.29, 0.717) is 30.9 Å². The summed E-state index contributed by atoms with van der Waals surface area (Å²) in [5.41, 5.74) is 6.10. The van der Waals surface area contributed by atoms with E-state index in [1.807, 2.05) is 11.0 Å². The summed E-state index contributed by atoms with van der Waals surface area (Å²) in [5.74, 6) is 0.979. The molecule has 1 aliphatic carbocycles.